The van der Waals surface area contributed by atoms with Crippen LogP contribution >= 0.6 is 27.7 Å². The minimum Gasteiger partial charge on any atom is -0.478 e. The van der Waals surface area contributed by atoms with E-state index >= 15 is 0 Å². The summed E-state index contributed by atoms with van der Waals surface area (Å²) in [6.45, 7) is 2.17. The van der Waals surface area contributed by atoms with Gasteiger partial charge in [-0.3, -0.25) is 0 Å². The number of carboxylic acid groups (broad SMARTS) is 1. The molecule has 1 aromatic rings. The summed E-state index contributed by atoms with van der Waals surface area (Å²) in [4.78, 5) is 12.9. The van der Waals surface area contributed by atoms with Gasteiger partial charge in [-0.25, -0.2) is 4.79 Å². The molecule has 1 N–H and O–H groups in total. The van der Waals surface area contributed by atoms with E-state index in [4.69, 9.17) is 5.11 Å². The van der Waals surface area contributed by atoms with Crippen LogP contribution in [0, 0.1) is 0 Å². The van der Waals surface area contributed by atoms with Crippen molar-refractivity contribution < 1.29 is 9.90 Å². The van der Waals surface area contributed by atoms with E-state index in [2.05, 4.69) is 41.1 Å². The van der Waals surface area contributed by atoms with Crippen LogP contribution in [-0.2, 0) is 4.79 Å². The van der Waals surface area contributed by atoms with Crippen molar-refractivity contribution in [2.45, 2.75) is 19.4 Å². The van der Waals surface area contributed by atoms with Crippen molar-refractivity contribution >= 4 is 45.4 Å². The molecular formula is C15H20BrNO2S. The summed E-state index contributed by atoms with van der Waals surface area (Å²) in [7, 11) is 2.06. The third-order valence-electron chi connectivity index (χ3n) is 3.16. The Balaban J connectivity index is 3.13. The Morgan fingerprint density at radius 3 is 2.80 bits per heavy atom. The average Bonchev–Trinajstić information content (AvgIpc) is 2.42. The number of aliphatic carboxylic acids is 1. The van der Waals surface area contributed by atoms with Gasteiger partial charge in [0.05, 0.1) is 0 Å². The second-order valence-electron chi connectivity index (χ2n) is 4.50. The molecule has 0 fully saturated rings. The number of halogens is 1. The lowest BCUT2D eigenvalue weighted by molar-refractivity contribution is -0.131. The number of nitrogens with zero attached hydrogens (tertiary/aromatic N) is 1. The van der Waals surface area contributed by atoms with Crippen LogP contribution in [-0.4, -0.2) is 36.2 Å². The lowest BCUT2D eigenvalue weighted by Gasteiger charge is -2.30. The van der Waals surface area contributed by atoms with Gasteiger partial charge in [-0.15, -0.1) is 0 Å². The highest BCUT2D eigenvalue weighted by atomic mass is 79.9. The number of hydrogen-bond acceptors (Lipinski definition) is 3. The van der Waals surface area contributed by atoms with Gasteiger partial charge >= 0.3 is 5.97 Å². The van der Waals surface area contributed by atoms with Crippen molar-refractivity contribution in [2.24, 2.45) is 0 Å². The number of anilines is 1. The quantitative estimate of drug-likeness (QED) is 0.745. The van der Waals surface area contributed by atoms with E-state index < -0.39 is 5.97 Å². The Morgan fingerprint density at radius 1 is 1.55 bits per heavy atom. The van der Waals surface area contributed by atoms with Crippen LogP contribution in [0.3, 0.4) is 0 Å². The Bertz CT molecular complexity index is 491. The zero-order valence-electron chi connectivity index (χ0n) is 12.0. The zero-order chi connectivity index (χ0) is 15.1. The molecule has 0 saturated heterocycles. The minimum absolute atomic E-state index is 0.427. The van der Waals surface area contributed by atoms with Crippen molar-refractivity contribution in [1.82, 2.24) is 0 Å². The van der Waals surface area contributed by atoms with Crippen LogP contribution < -0.4 is 4.90 Å². The SMILES string of the molecule is CCC(CSC)N(C)c1cc(Br)ccc1/C=C/C(=O)O. The van der Waals surface area contributed by atoms with E-state index in [0.717, 1.165) is 27.9 Å². The van der Waals surface area contributed by atoms with Gasteiger partial charge in [-0.05, 0) is 36.4 Å². The molecule has 0 aliphatic heterocycles. The molecule has 0 amide bonds. The van der Waals surface area contributed by atoms with E-state index in [1.807, 2.05) is 30.0 Å². The maximum atomic E-state index is 10.7. The molecule has 3 nitrogen and oxygen atoms in total. The van der Waals surface area contributed by atoms with Crippen LogP contribution in [0.2, 0.25) is 0 Å². The van der Waals surface area contributed by atoms with Gasteiger partial charge in [-0.2, -0.15) is 11.8 Å². The summed E-state index contributed by atoms with van der Waals surface area (Å²) < 4.78 is 0.992. The number of carboxylic acids is 1. The van der Waals surface area contributed by atoms with Crippen molar-refractivity contribution in [2.75, 3.05) is 24.0 Å². The smallest absolute Gasteiger partial charge is 0.328 e. The Kier molecular flexibility index (Phi) is 7.16. The molecule has 0 bridgehead atoms. The van der Waals surface area contributed by atoms with Gasteiger partial charge in [0.2, 0.25) is 0 Å². The maximum absolute atomic E-state index is 10.7. The minimum atomic E-state index is -0.933. The topological polar surface area (TPSA) is 40.5 Å². The summed E-state index contributed by atoms with van der Waals surface area (Å²) in [5.74, 6) is 0.111. The van der Waals surface area contributed by atoms with Crippen molar-refractivity contribution in [3.8, 4) is 0 Å². The number of carbonyl (C=O) groups is 1. The summed E-state index contributed by atoms with van der Waals surface area (Å²) in [5.41, 5.74) is 1.95. The van der Waals surface area contributed by atoms with Gasteiger partial charge in [-0.1, -0.05) is 28.9 Å². The molecule has 0 radical (unpaired) electrons. The molecule has 1 atom stereocenters. The maximum Gasteiger partial charge on any atom is 0.328 e. The first-order chi connectivity index (χ1) is 9.49. The molecule has 1 aromatic carbocycles. The van der Waals surface area contributed by atoms with Crippen LogP contribution in [0.15, 0.2) is 28.7 Å². The first kappa shape index (κ1) is 17.1. The summed E-state index contributed by atoms with van der Waals surface area (Å²) in [6.07, 6.45) is 5.97. The summed E-state index contributed by atoms with van der Waals surface area (Å²) in [6, 6.07) is 6.32. The Hall–Kier alpha value is -0.940. The Morgan fingerprint density at radius 2 is 2.25 bits per heavy atom. The number of hydrogen-bond donors (Lipinski definition) is 1. The fraction of sp³-hybridized carbons (Fsp3) is 0.400. The van der Waals surface area contributed by atoms with Crippen LogP contribution in [0.25, 0.3) is 6.08 Å². The van der Waals surface area contributed by atoms with E-state index in [0.29, 0.717) is 6.04 Å². The summed E-state index contributed by atoms with van der Waals surface area (Å²) in [5, 5.41) is 8.79. The average molecular weight is 358 g/mol. The fourth-order valence-corrected chi connectivity index (χ4v) is 3.21. The lowest BCUT2D eigenvalue weighted by atomic mass is 10.1. The largest absolute Gasteiger partial charge is 0.478 e. The van der Waals surface area contributed by atoms with Gasteiger partial charge in [0, 0.05) is 35.1 Å². The molecule has 1 rings (SSSR count). The molecule has 20 heavy (non-hydrogen) atoms. The molecule has 0 spiro atoms. The van der Waals surface area contributed by atoms with Gasteiger partial charge in [0.25, 0.3) is 0 Å². The molecular weight excluding hydrogens is 338 g/mol. The first-order valence-electron chi connectivity index (χ1n) is 6.41. The van der Waals surface area contributed by atoms with Gasteiger partial charge in [0.15, 0.2) is 0 Å². The van der Waals surface area contributed by atoms with Gasteiger partial charge < -0.3 is 10.0 Å². The number of benzene rings is 1. The second-order valence-corrected chi connectivity index (χ2v) is 6.33. The third-order valence-corrected chi connectivity index (χ3v) is 4.37. The zero-order valence-corrected chi connectivity index (χ0v) is 14.4. The first-order valence-corrected chi connectivity index (χ1v) is 8.60. The van der Waals surface area contributed by atoms with E-state index in [1.165, 1.54) is 6.08 Å². The fourth-order valence-electron chi connectivity index (χ4n) is 2.02. The molecule has 0 aliphatic rings. The molecule has 1 unspecified atom stereocenters. The second kappa shape index (κ2) is 8.37. The number of thioether (sulfide) groups is 1. The van der Waals surface area contributed by atoms with Crippen LogP contribution in [0.1, 0.15) is 18.9 Å². The lowest BCUT2D eigenvalue weighted by Crippen LogP contribution is -2.33. The van der Waals surface area contributed by atoms with E-state index in [-0.39, 0.29) is 0 Å². The number of rotatable bonds is 7. The summed E-state index contributed by atoms with van der Waals surface area (Å²) >= 11 is 5.30. The monoisotopic (exact) mass is 357 g/mol. The highest BCUT2D eigenvalue weighted by Crippen LogP contribution is 2.28. The van der Waals surface area contributed by atoms with E-state index in [1.54, 1.807) is 6.08 Å². The predicted molar refractivity (Wildman–Crippen MR) is 91.7 cm³/mol. The van der Waals surface area contributed by atoms with E-state index in [9.17, 15) is 4.79 Å². The highest BCUT2D eigenvalue weighted by Gasteiger charge is 2.15. The molecule has 5 heteroatoms. The van der Waals surface area contributed by atoms with Crippen LogP contribution in [0.5, 0.6) is 0 Å². The third kappa shape index (κ3) is 4.87. The normalized spacial score (nSPS) is 12.6. The van der Waals surface area contributed by atoms with Crippen molar-refractivity contribution in [1.29, 1.82) is 0 Å². The van der Waals surface area contributed by atoms with Crippen molar-refractivity contribution in [3.05, 3.63) is 34.3 Å². The van der Waals surface area contributed by atoms with Gasteiger partial charge in [0.1, 0.15) is 0 Å². The van der Waals surface area contributed by atoms with Crippen LogP contribution in [0.4, 0.5) is 5.69 Å². The standard InChI is InChI=1S/C15H20BrNO2S/c1-4-13(10-20-3)17(2)14-9-12(16)7-5-11(14)6-8-15(18)19/h5-9,13H,4,10H2,1-3H3,(H,18,19)/b8-6+. The Labute approximate surface area is 133 Å². The molecule has 0 aliphatic carbocycles. The molecule has 110 valence electrons. The molecule has 0 heterocycles. The highest BCUT2D eigenvalue weighted by molar-refractivity contribution is 9.10. The molecule has 0 saturated carbocycles. The molecule has 0 aromatic heterocycles. The predicted octanol–water partition coefficient (Wildman–Crippen LogP) is 4.12. The van der Waals surface area contributed by atoms with Crippen molar-refractivity contribution in [3.63, 3.8) is 0 Å².